The van der Waals surface area contributed by atoms with E-state index in [1.54, 1.807) is 9.80 Å². The molecule has 49 heavy (non-hydrogen) atoms. The highest BCUT2D eigenvalue weighted by atomic mass is 35.5. The zero-order valence-electron chi connectivity index (χ0n) is 29.1. The summed E-state index contributed by atoms with van der Waals surface area (Å²) in [5, 5.41) is 2.89. The van der Waals surface area contributed by atoms with Crippen molar-refractivity contribution in [2.45, 2.75) is 78.0 Å². The smallest absolute Gasteiger partial charge is 0.410 e. The maximum atomic E-state index is 12.0. The largest absolute Gasteiger partial charge is 0.449 e. The number of fused-ring (bicyclic) bond motifs is 2. The van der Waals surface area contributed by atoms with Crippen LogP contribution in [-0.2, 0) is 32.2 Å². The Hall–Kier alpha value is -4.03. The van der Waals surface area contributed by atoms with Gasteiger partial charge in [-0.1, -0.05) is 60.7 Å². The van der Waals surface area contributed by atoms with Crippen LogP contribution in [-0.4, -0.2) is 83.0 Å². The lowest BCUT2D eigenvalue weighted by Crippen LogP contribution is -2.40. The van der Waals surface area contributed by atoms with Crippen LogP contribution in [0.4, 0.5) is 19.2 Å². The summed E-state index contributed by atoms with van der Waals surface area (Å²) in [7, 11) is 0. The molecule has 2 saturated heterocycles. The molecule has 2 heterocycles. The van der Waals surface area contributed by atoms with Gasteiger partial charge in [-0.15, -0.1) is 0 Å². The molecule has 12 nitrogen and oxygen atoms in total. The number of piperidine rings is 2. The van der Waals surface area contributed by atoms with E-state index in [2.05, 4.69) is 10.1 Å². The molecule has 268 valence electrons. The van der Waals surface area contributed by atoms with Gasteiger partial charge in [0.1, 0.15) is 24.4 Å². The number of benzene rings is 2. The van der Waals surface area contributed by atoms with E-state index in [0.29, 0.717) is 42.8 Å². The van der Waals surface area contributed by atoms with Crippen LogP contribution in [0.2, 0.25) is 0 Å². The van der Waals surface area contributed by atoms with Crippen LogP contribution in [0.3, 0.4) is 0 Å². The highest BCUT2D eigenvalue weighted by molar-refractivity contribution is 6.61. The van der Waals surface area contributed by atoms with Crippen molar-refractivity contribution in [1.29, 1.82) is 0 Å². The monoisotopic (exact) mass is 700 g/mol. The van der Waals surface area contributed by atoms with Crippen LogP contribution in [0.1, 0.15) is 52.7 Å². The molecule has 0 spiro atoms. The van der Waals surface area contributed by atoms with Crippen molar-refractivity contribution in [2.75, 3.05) is 26.2 Å². The summed E-state index contributed by atoms with van der Waals surface area (Å²) in [6, 6.07) is 19.4. The number of nitrogens with two attached hydrogens (primary N) is 1. The van der Waals surface area contributed by atoms with Crippen LogP contribution in [0, 0.1) is 23.7 Å². The van der Waals surface area contributed by atoms with Gasteiger partial charge in [-0.3, -0.25) is 0 Å². The number of nitrogens with zero attached hydrogens (tertiary/aromatic N) is 2. The molecule has 2 aromatic rings. The quantitative estimate of drug-likeness (QED) is 0.277. The van der Waals surface area contributed by atoms with E-state index in [4.69, 9.17) is 31.5 Å². The van der Waals surface area contributed by atoms with Gasteiger partial charge in [0, 0.05) is 61.7 Å². The van der Waals surface area contributed by atoms with E-state index in [9.17, 15) is 19.2 Å². The number of nitrogens with one attached hydrogen (secondary N) is 1. The fourth-order valence-corrected chi connectivity index (χ4v) is 5.93. The van der Waals surface area contributed by atoms with Gasteiger partial charge < -0.3 is 39.8 Å². The van der Waals surface area contributed by atoms with Crippen LogP contribution in [0.15, 0.2) is 60.7 Å². The Balaban J connectivity index is 0.000000183. The Kier molecular flexibility index (Phi) is 12.4. The lowest BCUT2D eigenvalue weighted by Gasteiger charge is -2.26. The third kappa shape index (κ3) is 12.1. The summed E-state index contributed by atoms with van der Waals surface area (Å²) < 4.78 is 20.4. The Bertz CT molecular complexity index is 1410. The Labute approximate surface area is 293 Å². The number of carbonyl (C=O) groups excluding carboxylic acids is 4. The van der Waals surface area contributed by atoms with Gasteiger partial charge in [-0.2, -0.15) is 0 Å². The van der Waals surface area contributed by atoms with Crippen LogP contribution < -0.4 is 11.1 Å². The van der Waals surface area contributed by atoms with Crippen molar-refractivity contribution in [3.05, 3.63) is 71.8 Å². The van der Waals surface area contributed by atoms with Crippen LogP contribution in [0.5, 0.6) is 0 Å². The van der Waals surface area contributed by atoms with Crippen molar-refractivity contribution >= 4 is 35.3 Å². The molecule has 0 radical (unpaired) electrons. The summed E-state index contributed by atoms with van der Waals surface area (Å²) in [6.07, 6.45) is -0.876. The molecule has 2 unspecified atom stereocenters. The Morgan fingerprint density at radius 1 is 0.694 bits per heavy atom. The first kappa shape index (κ1) is 37.8. The molecular weight excluding hydrogens is 652 g/mol. The fourth-order valence-electron chi connectivity index (χ4n) is 5.88. The normalized spacial score (nSPS) is 24.4. The minimum atomic E-state index is -0.770. The molecule has 6 rings (SSSR count). The predicted octanol–water partition coefficient (Wildman–Crippen LogP) is 6.15. The molecule has 4 aliphatic rings. The predicted molar refractivity (Wildman–Crippen MR) is 184 cm³/mol. The average Bonchev–Trinajstić information content (AvgIpc) is 3.61. The van der Waals surface area contributed by atoms with Gasteiger partial charge >= 0.3 is 23.7 Å². The second-order valence-electron chi connectivity index (χ2n) is 14.7. The maximum Gasteiger partial charge on any atom is 0.410 e. The molecule has 0 bridgehead atoms. The van der Waals surface area contributed by atoms with Crippen molar-refractivity contribution in [2.24, 2.45) is 29.4 Å². The van der Waals surface area contributed by atoms with E-state index in [1.807, 2.05) is 102 Å². The third-order valence-corrected chi connectivity index (χ3v) is 8.56. The maximum absolute atomic E-state index is 12.0. The molecule has 13 heteroatoms. The highest BCUT2D eigenvalue weighted by Crippen LogP contribution is 2.46. The first-order valence-corrected chi connectivity index (χ1v) is 16.9. The molecule has 6 atom stereocenters. The number of carbonyl (C=O) groups is 4. The van der Waals surface area contributed by atoms with Gasteiger partial charge in [-0.25, -0.2) is 19.2 Å². The molecule has 2 aliphatic carbocycles. The lowest BCUT2D eigenvalue weighted by atomic mass is 10.2. The van der Waals surface area contributed by atoms with E-state index in [-0.39, 0.29) is 31.4 Å². The summed E-state index contributed by atoms with van der Waals surface area (Å²) in [6.45, 7) is 14.5. The number of hydrogen-bond acceptors (Lipinski definition) is 9. The summed E-state index contributed by atoms with van der Waals surface area (Å²) in [5.74, 6) is 1.67. The zero-order valence-corrected chi connectivity index (χ0v) is 29.9. The number of likely N-dealkylation sites (tertiary alicyclic amines) is 2. The van der Waals surface area contributed by atoms with E-state index in [1.165, 1.54) is 0 Å². The summed E-state index contributed by atoms with van der Waals surface area (Å²) in [5.41, 5.74) is 6.02. The number of rotatable bonds is 5. The first-order valence-electron chi connectivity index (χ1n) is 16.6. The van der Waals surface area contributed by atoms with Crippen molar-refractivity contribution in [1.82, 2.24) is 15.1 Å². The Morgan fingerprint density at radius 2 is 1.08 bits per heavy atom. The summed E-state index contributed by atoms with van der Waals surface area (Å²) >= 11 is 4.97. The van der Waals surface area contributed by atoms with Crippen molar-refractivity contribution in [3.8, 4) is 0 Å². The standard InChI is InChI=1S/C18H24N2O4.C10H18N2O2.C8H7ClO2/c1-18(2,3)24-17(22)20-9-13-14(10-20)15(13)19-16(21)23-11-12-7-5-4-6-8-12;1-10(2,3)14-9(13)12-4-6-7(5-12)8(6)11;9-8(10)11-6-7-4-2-1-3-5-7/h4-8,13-15H,9-11H2,1-3H3,(H,19,21);6-8H,4-5,11H2,1-3H3;1-5H,6H2/t13-,14+,15?;6-,7+,8?;. The number of halogens is 1. The number of hydrogen-bond donors (Lipinski definition) is 2. The zero-order chi connectivity index (χ0) is 35.9. The average molecular weight is 701 g/mol. The SMILES string of the molecule is CC(C)(C)OC(=O)N1C[C@@H]2C(N)[C@@H]2C1.CC(C)(C)OC(=O)N1C[C@@H]2C(NC(=O)OCc3ccccc3)[C@@H]2C1.O=C(Cl)OCc1ccccc1. The molecule has 3 N–H and O–H groups in total. The van der Waals surface area contributed by atoms with Gasteiger partial charge in [0.15, 0.2) is 0 Å². The first-order chi connectivity index (χ1) is 23.0. The minimum Gasteiger partial charge on any atom is -0.449 e. The van der Waals surface area contributed by atoms with Gasteiger partial charge in [-0.05, 0) is 64.5 Å². The topological polar surface area (TPSA) is 150 Å². The number of ether oxygens (including phenoxy) is 4. The molecule has 0 aromatic heterocycles. The molecule has 2 aliphatic heterocycles. The minimum absolute atomic E-state index is 0.104. The second kappa shape index (κ2) is 16.1. The third-order valence-electron chi connectivity index (χ3n) is 8.45. The molecule has 3 amide bonds. The van der Waals surface area contributed by atoms with E-state index < -0.39 is 22.7 Å². The van der Waals surface area contributed by atoms with E-state index in [0.717, 1.165) is 24.2 Å². The number of amides is 3. The van der Waals surface area contributed by atoms with Crippen LogP contribution in [0.25, 0.3) is 0 Å². The van der Waals surface area contributed by atoms with Crippen LogP contribution >= 0.6 is 11.6 Å². The van der Waals surface area contributed by atoms with Gasteiger partial charge in [0.05, 0.1) is 0 Å². The van der Waals surface area contributed by atoms with Gasteiger partial charge in [0.2, 0.25) is 0 Å². The Morgan fingerprint density at radius 3 is 1.47 bits per heavy atom. The second-order valence-corrected chi connectivity index (χ2v) is 15.1. The van der Waals surface area contributed by atoms with Crippen molar-refractivity contribution < 1.29 is 38.1 Å². The summed E-state index contributed by atoms with van der Waals surface area (Å²) in [4.78, 5) is 49.1. The molecule has 4 fully saturated rings. The fraction of sp³-hybridized carbons (Fsp3) is 0.556. The molecular formula is C36H49ClN4O8. The van der Waals surface area contributed by atoms with Crippen molar-refractivity contribution in [3.63, 3.8) is 0 Å². The lowest BCUT2D eigenvalue weighted by molar-refractivity contribution is 0.0259. The molecule has 2 aromatic carbocycles. The van der Waals surface area contributed by atoms with E-state index >= 15 is 0 Å². The number of alkyl carbamates (subject to hydrolysis) is 1. The highest BCUT2D eigenvalue weighted by Gasteiger charge is 2.58. The molecule has 2 saturated carbocycles. The van der Waals surface area contributed by atoms with Gasteiger partial charge in [0.25, 0.3) is 0 Å².